The van der Waals surface area contributed by atoms with Crippen LogP contribution in [0.25, 0.3) is 0 Å². The maximum Gasteiger partial charge on any atom is 0.408 e. The number of hydrogen-bond donors (Lipinski definition) is 3. The molecule has 1 unspecified atom stereocenters. The molecule has 1 aliphatic rings. The highest BCUT2D eigenvalue weighted by Crippen LogP contribution is 2.36. The van der Waals surface area contributed by atoms with E-state index in [1.165, 1.54) is 0 Å². The lowest BCUT2D eigenvalue weighted by Gasteiger charge is -2.31. The van der Waals surface area contributed by atoms with Gasteiger partial charge in [-0.2, -0.15) is 0 Å². The molecular formula is C12H23N3O3. The average molecular weight is 257 g/mol. The second kappa shape index (κ2) is 5.04. The molecule has 0 saturated heterocycles. The standard InChI is InChI=1S/C12H23N3O3/c1-11(2,3)18-10(16)14-12(4,9(13)15-17)7-8-5-6-8/h8,17H,5-7H2,1-4H3,(H2,13,15)(H,14,16). The zero-order valence-electron chi connectivity index (χ0n) is 11.5. The van der Waals surface area contributed by atoms with Crippen molar-refractivity contribution in [2.45, 2.75) is 58.1 Å². The Kier molecular flexibility index (Phi) is 4.09. The second-order valence-electron chi connectivity index (χ2n) is 6.09. The van der Waals surface area contributed by atoms with Gasteiger partial charge in [0.05, 0.1) is 0 Å². The predicted octanol–water partition coefficient (Wildman–Crippen LogP) is 1.82. The molecule has 0 spiro atoms. The monoisotopic (exact) mass is 257 g/mol. The third-order valence-electron chi connectivity index (χ3n) is 2.84. The van der Waals surface area contributed by atoms with Gasteiger partial charge < -0.3 is 21.0 Å². The molecule has 1 fully saturated rings. The van der Waals surface area contributed by atoms with Crippen molar-refractivity contribution in [3.05, 3.63) is 0 Å². The van der Waals surface area contributed by atoms with Crippen molar-refractivity contribution in [2.24, 2.45) is 16.8 Å². The van der Waals surface area contributed by atoms with Gasteiger partial charge in [0.25, 0.3) is 0 Å². The van der Waals surface area contributed by atoms with Crippen molar-refractivity contribution in [2.75, 3.05) is 0 Å². The van der Waals surface area contributed by atoms with E-state index in [4.69, 9.17) is 15.7 Å². The molecule has 4 N–H and O–H groups in total. The molecule has 104 valence electrons. The number of nitrogens with zero attached hydrogens (tertiary/aromatic N) is 1. The first-order valence-electron chi connectivity index (χ1n) is 6.15. The minimum Gasteiger partial charge on any atom is -0.444 e. The van der Waals surface area contributed by atoms with Crippen LogP contribution in [-0.2, 0) is 4.74 Å². The van der Waals surface area contributed by atoms with Gasteiger partial charge in [-0.05, 0) is 40.0 Å². The Labute approximate surface area is 108 Å². The van der Waals surface area contributed by atoms with E-state index in [0.717, 1.165) is 12.8 Å². The fourth-order valence-corrected chi connectivity index (χ4v) is 1.76. The second-order valence-corrected chi connectivity index (χ2v) is 6.09. The number of amidine groups is 1. The number of alkyl carbamates (subject to hydrolysis) is 1. The van der Waals surface area contributed by atoms with Crippen LogP contribution in [0.3, 0.4) is 0 Å². The molecule has 1 amide bonds. The number of carbonyl (C=O) groups is 1. The van der Waals surface area contributed by atoms with Crippen molar-refractivity contribution < 1.29 is 14.7 Å². The molecule has 1 saturated carbocycles. The van der Waals surface area contributed by atoms with Crippen molar-refractivity contribution in [3.8, 4) is 0 Å². The predicted molar refractivity (Wildman–Crippen MR) is 68.5 cm³/mol. The van der Waals surface area contributed by atoms with Crippen LogP contribution in [0.15, 0.2) is 5.16 Å². The smallest absolute Gasteiger partial charge is 0.408 e. The molecule has 6 heteroatoms. The summed E-state index contributed by atoms with van der Waals surface area (Å²) >= 11 is 0. The number of rotatable bonds is 4. The largest absolute Gasteiger partial charge is 0.444 e. The summed E-state index contributed by atoms with van der Waals surface area (Å²) in [6.07, 6.45) is 2.33. The van der Waals surface area contributed by atoms with Crippen molar-refractivity contribution >= 4 is 11.9 Å². The van der Waals surface area contributed by atoms with E-state index in [0.29, 0.717) is 12.3 Å². The minimum atomic E-state index is -0.863. The van der Waals surface area contributed by atoms with Crippen LogP contribution in [0.2, 0.25) is 0 Å². The number of carbonyl (C=O) groups excluding carboxylic acids is 1. The number of amides is 1. The molecule has 0 aliphatic heterocycles. The molecule has 1 rings (SSSR count). The number of oxime groups is 1. The fourth-order valence-electron chi connectivity index (χ4n) is 1.76. The van der Waals surface area contributed by atoms with Gasteiger partial charge >= 0.3 is 6.09 Å². The molecule has 1 atom stereocenters. The number of nitrogens with two attached hydrogens (primary N) is 1. The van der Waals surface area contributed by atoms with Crippen molar-refractivity contribution in [1.82, 2.24) is 5.32 Å². The lowest BCUT2D eigenvalue weighted by atomic mass is 9.93. The molecule has 0 radical (unpaired) electrons. The van der Waals surface area contributed by atoms with Crippen LogP contribution in [0.4, 0.5) is 4.79 Å². The van der Waals surface area contributed by atoms with Crippen LogP contribution in [0.1, 0.15) is 47.0 Å². The van der Waals surface area contributed by atoms with Gasteiger partial charge in [0.15, 0.2) is 5.84 Å². The Hall–Kier alpha value is -1.46. The van der Waals surface area contributed by atoms with Gasteiger partial charge in [-0.15, -0.1) is 0 Å². The van der Waals surface area contributed by atoms with Gasteiger partial charge in [-0.25, -0.2) is 4.79 Å². The Morgan fingerprint density at radius 1 is 1.44 bits per heavy atom. The number of hydrogen-bond acceptors (Lipinski definition) is 4. The number of ether oxygens (including phenoxy) is 1. The van der Waals surface area contributed by atoms with Crippen LogP contribution >= 0.6 is 0 Å². The van der Waals surface area contributed by atoms with E-state index in [-0.39, 0.29) is 5.84 Å². The van der Waals surface area contributed by atoms with Gasteiger partial charge in [0, 0.05) is 0 Å². The molecule has 0 bridgehead atoms. The van der Waals surface area contributed by atoms with Crippen molar-refractivity contribution in [3.63, 3.8) is 0 Å². The highest BCUT2D eigenvalue weighted by molar-refractivity contribution is 5.92. The molecule has 6 nitrogen and oxygen atoms in total. The highest BCUT2D eigenvalue weighted by atomic mass is 16.6. The Balaban J connectivity index is 2.69. The summed E-state index contributed by atoms with van der Waals surface area (Å²) < 4.78 is 5.19. The van der Waals surface area contributed by atoms with E-state index >= 15 is 0 Å². The zero-order chi connectivity index (χ0) is 14.0. The van der Waals surface area contributed by atoms with Gasteiger partial charge in [-0.1, -0.05) is 18.0 Å². The quantitative estimate of drug-likeness (QED) is 0.310. The molecule has 18 heavy (non-hydrogen) atoms. The lowest BCUT2D eigenvalue weighted by Crippen LogP contribution is -2.56. The first kappa shape index (κ1) is 14.6. The maximum absolute atomic E-state index is 11.8. The molecule has 1 aliphatic carbocycles. The SMILES string of the molecule is CC(C)(C)OC(=O)NC(C)(CC1CC1)/C(N)=N/O. The molecule has 0 aromatic heterocycles. The van der Waals surface area contributed by atoms with E-state index in [1.54, 1.807) is 27.7 Å². The molecule has 0 heterocycles. The summed E-state index contributed by atoms with van der Waals surface area (Å²) in [6.45, 7) is 7.10. The summed E-state index contributed by atoms with van der Waals surface area (Å²) in [4.78, 5) is 11.8. The van der Waals surface area contributed by atoms with Crippen LogP contribution < -0.4 is 11.1 Å². The van der Waals surface area contributed by atoms with Gasteiger partial charge in [0.1, 0.15) is 11.1 Å². The fraction of sp³-hybridized carbons (Fsp3) is 0.833. The van der Waals surface area contributed by atoms with E-state index in [1.807, 2.05) is 0 Å². The Morgan fingerprint density at radius 2 is 2.00 bits per heavy atom. The van der Waals surface area contributed by atoms with E-state index in [9.17, 15) is 4.79 Å². The first-order chi connectivity index (χ1) is 8.16. The Bertz CT molecular complexity index is 345. The topological polar surface area (TPSA) is 96.9 Å². The van der Waals surface area contributed by atoms with Crippen molar-refractivity contribution in [1.29, 1.82) is 0 Å². The molecule has 0 aromatic carbocycles. The number of nitrogens with one attached hydrogen (secondary N) is 1. The van der Waals surface area contributed by atoms with Crippen LogP contribution in [-0.4, -0.2) is 28.3 Å². The summed E-state index contributed by atoms with van der Waals surface area (Å²) in [7, 11) is 0. The van der Waals surface area contributed by atoms with Gasteiger partial charge in [-0.3, -0.25) is 0 Å². The molecule has 0 aromatic rings. The lowest BCUT2D eigenvalue weighted by molar-refractivity contribution is 0.0484. The van der Waals surface area contributed by atoms with Crippen LogP contribution in [0, 0.1) is 5.92 Å². The Morgan fingerprint density at radius 3 is 2.39 bits per heavy atom. The average Bonchev–Trinajstić information content (AvgIpc) is 2.96. The summed E-state index contributed by atoms with van der Waals surface area (Å²) in [5.74, 6) is 0.519. The normalized spacial score (nSPS) is 20.1. The first-order valence-corrected chi connectivity index (χ1v) is 6.15. The van der Waals surface area contributed by atoms with Crippen LogP contribution in [0.5, 0.6) is 0 Å². The third kappa shape index (κ3) is 4.43. The summed E-state index contributed by atoms with van der Waals surface area (Å²) in [6, 6.07) is 0. The minimum absolute atomic E-state index is 0.000240. The highest BCUT2D eigenvalue weighted by Gasteiger charge is 2.39. The zero-order valence-corrected chi connectivity index (χ0v) is 11.5. The van der Waals surface area contributed by atoms with E-state index in [2.05, 4.69) is 10.5 Å². The van der Waals surface area contributed by atoms with Gasteiger partial charge in [0.2, 0.25) is 0 Å². The molecular weight excluding hydrogens is 234 g/mol. The maximum atomic E-state index is 11.8. The summed E-state index contributed by atoms with van der Waals surface area (Å²) in [5.41, 5.74) is 4.23. The summed E-state index contributed by atoms with van der Waals surface area (Å²) in [5, 5.41) is 14.5. The van der Waals surface area contributed by atoms with E-state index < -0.39 is 17.2 Å². The third-order valence-corrected chi connectivity index (χ3v) is 2.84.